The lowest BCUT2D eigenvalue weighted by atomic mass is 10.1. The third-order valence-electron chi connectivity index (χ3n) is 6.00. The standard InChI is InChI=1S/C23H30F2N8O2/c1-16-19(15-33(30-16)17-6-11-31(2)12-7-17)28-22-27-14-18(20(24)25)21(29-22)26-8-5-10-32-9-3-4-13-35-23(32)34/h3-4,9,13-15,17,20H,5-8,10-12H2,1-2H3,(H2,26,27,28,29). The fraction of sp³-hybridized carbons (Fsp3) is 0.478. The number of hydrogen-bond acceptors (Lipinski definition) is 8. The number of carbonyl (C=O) groups excluding carboxylic acids is 1. The topological polar surface area (TPSA) is 100 Å². The molecule has 1 fully saturated rings. The Morgan fingerprint density at radius 1 is 1.26 bits per heavy atom. The molecule has 0 aromatic carbocycles. The second-order valence-electron chi connectivity index (χ2n) is 8.59. The molecule has 2 N–H and O–H groups in total. The van der Waals surface area contributed by atoms with Gasteiger partial charge < -0.3 is 20.3 Å². The largest absolute Gasteiger partial charge is 0.418 e. The van der Waals surface area contributed by atoms with E-state index < -0.39 is 12.5 Å². The summed E-state index contributed by atoms with van der Waals surface area (Å²) in [5.41, 5.74) is 1.24. The minimum atomic E-state index is -2.73. The normalized spacial score (nSPS) is 17.1. The van der Waals surface area contributed by atoms with Crippen molar-refractivity contribution < 1.29 is 18.3 Å². The predicted molar refractivity (Wildman–Crippen MR) is 128 cm³/mol. The van der Waals surface area contributed by atoms with Crippen molar-refractivity contribution >= 4 is 23.5 Å². The molecule has 2 aromatic heterocycles. The van der Waals surface area contributed by atoms with Crippen LogP contribution in [0.1, 0.15) is 43.0 Å². The van der Waals surface area contributed by atoms with Crippen LogP contribution >= 0.6 is 0 Å². The first-order chi connectivity index (χ1) is 16.9. The molecule has 4 heterocycles. The van der Waals surface area contributed by atoms with Gasteiger partial charge in [0, 0.05) is 31.7 Å². The van der Waals surface area contributed by atoms with Crippen LogP contribution in [0.4, 0.5) is 31.0 Å². The molecule has 0 aliphatic carbocycles. The maximum Gasteiger partial charge on any atom is 0.418 e. The van der Waals surface area contributed by atoms with Crippen LogP contribution in [0.15, 0.2) is 37.0 Å². The minimum absolute atomic E-state index is 0.0496. The quantitative estimate of drug-likeness (QED) is 0.507. The average molecular weight is 489 g/mol. The monoisotopic (exact) mass is 488 g/mol. The minimum Gasteiger partial charge on any atom is -0.418 e. The van der Waals surface area contributed by atoms with Crippen molar-refractivity contribution in [2.75, 3.05) is 43.9 Å². The number of cyclic esters (lactones) is 1. The molecule has 4 rings (SSSR count). The van der Waals surface area contributed by atoms with Gasteiger partial charge in [0.1, 0.15) is 5.82 Å². The van der Waals surface area contributed by atoms with Crippen LogP contribution in [0.2, 0.25) is 0 Å². The number of nitrogens with zero attached hydrogens (tertiary/aromatic N) is 6. The Labute approximate surface area is 202 Å². The molecule has 10 nitrogen and oxygen atoms in total. The smallest absolute Gasteiger partial charge is 0.418 e. The molecule has 35 heavy (non-hydrogen) atoms. The van der Waals surface area contributed by atoms with Crippen LogP contribution < -0.4 is 10.6 Å². The van der Waals surface area contributed by atoms with Crippen molar-refractivity contribution in [2.45, 2.75) is 38.7 Å². The molecular formula is C23H30F2N8O2. The van der Waals surface area contributed by atoms with E-state index in [0.717, 1.165) is 43.5 Å². The van der Waals surface area contributed by atoms with Gasteiger partial charge in [-0.15, -0.1) is 0 Å². The number of likely N-dealkylation sites (tertiary alicyclic amines) is 1. The van der Waals surface area contributed by atoms with Crippen LogP contribution in [0.5, 0.6) is 0 Å². The first kappa shape index (κ1) is 24.6. The van der Waals surface area contributed by atoms with Crippen molar-refractivity contribution in [2.24, 2.45) is 0 Å². The van der Waals surface area contributed by atoms with Crippen molar-refractivity contribution in [1.82, 2.24) is 29.5 Å². The Hall–Kier alpha value is -3.54. The zero-order valence-corrected chi connectivity index (χ0v) is 19.8. The van der Waals surface area contributed by atoms with Gasteiger partial charge in [0.05, 0.1) is 29.2 Å². The fourth-order valence-electron chi connectivity index (χ4n) is 3.97. The number of anilines is 3. The molecule has 0 bridgehead atoms. The number of carbonyl (C=O) groups is 1. The second kappa shape index (κ2) is 11.3. The van der Waals surface area contributed by atoms with Crippen LogP contribution in [0.25, 0.3) is 0 Å². The average Bonchev–Trinajstić information content (AvgIpc) is 3.06. The third kappa shape index (κ3) is 6.32. The number of nitrogens with one attached hydrogen (secondary N) is 2. The number of piperidine rings is 1. The zero-order valence-electron chi connectivity index (χ0n) is 19.8. The molecule has 12 heteroatoms. The van der Waals surface area contributed by atoms with E-state index in [4.69, 9.17) is 4.74 Å². The Morgan fingerprint density at radius 3 is 2.83 bits per heavy atom. The van der Waals surface area contributed by atoms with Gasteiger partial charge in [-0.2, -0.15) is 10.1 Å². The zero-order chi connectivity index (χ0) is 24.8. The van der Waals surface area contributed by atoms with Crippen LogP contribution in [0, 0.1) is 6.92 Å². The molecule has 0 spiro atoms. The van der Waals surface area contributed by atoms with Gasteiger partial charge in [-0.05, 0) is 58.5 Å². The lowest BCUT2D eigenvalue weighted by molar-refractivity contribution is 0.151. The summed E-state index contributed by atoms with van der Waals surface area (Å²) >= 11 is 0. The summed E-state index contributed by atoms with van der Waals surface area (Å²) < 4.78 is 33.9. The van der Waals surface area contributed by atoms with Crippen molar-refractivity contribution in [3.63, 3.8) is 0 Å². The second-order valence-corrected chi connectivity index (χ2v) is 8.59. The number of aryl methyl sites for hydroxylation is 1. The van der Waals surface area contributed by atoms with E-state index in [1.165, 1.54) is 11.2 Å². The van der Waals surface area contributed by atoms with Gasteiger partial charge in [-0.3, -0.25) is 9.58 Å². The highest BCUT2D eigenvalue weighted by molar-refractivity contribution is 5.70. The van der Waals surface area contributed by atoms with Gasteiger partial charge in [-0.25, -0.2) is 18.6 Å². The van der Waals surface area contributed by atoms with Gasteiger partial charge in [-0.1, -0.05) is 0 Å². The number of aromatic nitrogens is 4. The molecule has 1 saturated heterocycles. The molecule has 0 atom stereocenters. The number of amides is 1. The SMILES string of the molecule is Cc1nn(C2CCN(C)CC2)cc1Nc1ncc(C(F)F)c(NCCCN2C=CC=COC2=O)n1. The lowest BCUT2D eigenvalue weighted by Crippen LogP contribution is -2.31. The first-order valence-electron chi connectivity index (χ1n) is 11.6. The summed E-state index contributed by atoms with van der Waals surface area (Å²) in [5, 5.41) is 10.7. The third-order valence-corrected chi connectivity index (χ3v) is 6.00. The summed E-state index contributed by atoms with van der Waals surface area (Å²) in [7, 11) is 2.11. The maximum absolute atomic E-state index is 13.5. The first-order valence-corrected chi connectivity index (χ1v) is 11.6. The highest BCUT2D eigenvalue weighted by Crippen LogP contribution is 2.28. The fourth-order valence-corrected chi connectivity index (χ4v) is 3.97. The van der Waals surface area contributed by atoms with E-state index in [1.54, 1.807) is 18.4 Å². The number of alkyl halides is 2. The number of halogens is 2. The van der Waals surface area contributed by atoms with E-state index in [0.29, 0.717) is 25.6 Å². The molecule has 2 aromatic rings. The van der Waals surface area contributed by atoms with Crippen molar-refractivity contribution in [3.05, 3.63) is 48.3 Å². The van der Waals surface area contributed by atoms with E-state index in [-0.39, 0.29) is 17.3 Å². The van der Waals surface area contributed by atoms with Gasteiger partial charge >= 0.3 is 6.09 Å². The summed E-state index contributed by atoms with van der Waals surface area (Å²) in [4.78, 5) is 23.9. The molecular weight excluding hydrogens is 458 g/mol. The molecule has 188 valence electrons. The Morgan fingerprint density at radius 2 is 2.06 bits per heavy atom. The summed E-state index contributed by atoms with van der Waals surface area (Å²) in [5.74, 6) is 0.251. The number of hydrogen-bond donors (Lipinski definition) is 2. The van der Waals surface area contributed by atoms with E-state index in [9.17, 15) is 13.6 Å². The van der Waals surface area contributed by atoms with E-state index >= 15 is 0 Å². The number of rotatable bonds is 9. The Kier molecular flexibility index (Phi) is 7.91. The highest BCUT2D eigenvalue weighted by Gasteiger charge is 2.21. The molecule has 0 radical (unpaired) electrons. The van der Waals surface area contributed by atoms with E-state index in [1.807, 2.05) is 17.8 Å². The van der Waals surface area contributed by atoms with Crippen molar-refractivity contribution in [3.8, 4) is 0 Å². The lowest BCUT2D eigenvalue weighted by Gasteiger charge is -2.28. The molecule has 0 saturated carbocycles. The highest BCUT2D eigenvalue weighted by atomic mass is 19.3. The van der Waals surface area contributed by atoms with Crippen molar-refractivity contribution in [1.29, 1.82) is 0 Å². The van der Waals surface area contributed by atoms with Crippen LogP contribution in [-0.2, 0) is 4.74 Å². The number of ether oxygens (including phenoxy) is 1. The maximum atomic E-state index is 13.5. The summed E-state index contributed by atoms with van der Waals surface area (Å²) in [6, 6.07) is 0.326. The Bertz CT molecular complexity index is 1080. The molecule has 1 amide bonds. The summed E-state index contributed by atoms with van der Waals surface area (Å²) in [6.07, 6.45) is 8.58. The number of allylic oxidation sites excluding steroid dienone is 2. The van der Waals surface area contributed by atoms with Gasteiger partial charge in [0.15, 0.2) is 0 Å². The van der Waals surface area contributed by atoms with Crippen LogP contribution in [-0.4, -0.2) is 68.9 Å². The van der Waals surface area contributed by atoms with Gasteiger partial charge in [0.25, 0.3) is 6.43 Å². The van der Waals surface area contributed by atoms with Gasteiger partial charge in [0.2, 0.25) is 5.95 Å². The van der Waals surface area contributed by atoms with E-state index in [2.05, 4.69) is 37.6 Å². The predicted octanol–water partition coefficient (Wildman–Crippen LogP) is 4.21. The van der Waals surface area contributed by atoms with Crippen LogP contribution in [0.3, 0.4) is 0 Å². The Balaban J connectivity index is 1.39. The molecule has 2 aliphatic rings. The molecule has 0 unspecified atom stereocenters. The molecule has 2 aliphatic heterocycles. The summed E-state index contributed by atoms with van der Waals surface area (Å²) in [6.45, 7) is 4.61.